The van der Waals surface area contributed by atoms with E-state index in [0.29, 0.717) is 5.06 Å². The molecular formula is C18H19N5O11P2. The minimum atomic E-state index is -0.878. The van der Waals surface area contributed by atoms with Gasteiger partial charge in [0.25, 0.3) is 11.8 Å². The zero-order valence-corrected chi connectivity index (χ0v) is 20.5. The van der Waals surface area contributed by atoms with E-state index in [4.69, 9.17) is 5.11 Å². The first-order chi connectivity index (χ1) is 17.2. The van der Waals surface area contributed by atoms with Crippen LogP contribution in [-0.2, 0) is 37.8 Å². The standard InChI is InChI=1S/C9H7N3O4.C7H7N2O4P.C2H5O3P/c13-7-1-2-8(14)12(7)16-9(15)6-5-10-3-4-11-6;10-6(13-14)4-12-7(11)5-3-8-1-2-9-5;3-1-2(4)5-6/h3-5H,1-2H2;1-3H,4,14H2;3H,1,6H2. The highest BCUT2D eigenvalue weighted by atomic mass is 31.0. The van der Waals surface area contributed by atoms with Gasteiger partial charge in [0.2, 0.25) is 0 Å². The van der Waals surface area contributed by atoms with Crippen molar-refractivity contribution in [2.24, 2.45) is 0 Å². The van der Waals surface area contributed by atoms with Gasteiger partial charge in [0.15, 0.2) is 18.0 Å². The summed E-state index contributed by atoms with van der Waals surface area (Å²) in [7, 11) is 3.49. The predicted octanol–water partition coefficient (Wildman–Crippen LogP) is -1.02. The molecule has 0 saturated carbocycles. The van der Waals surface area contributed by atoms with Crippen LogP contribution >= 0.6 is 18.9 Å². The number of hydroxylamine groups is 2. The number of aliphatic hydroxyl groups excluding tert-OH is 1. The number of aliphatic hydroxyl groups is 1. The van der Waals surface area contributed by atoms with Crippen LogP contribution in [0, 0.1) is 0 Å². The fourth-order valence-electron chi connectivity index (χ4n) is 1.87. The maximum absolute atomic E-state index is 11.4. The largest absolute Gasteiger partial charge is 0.450 e. The van der Waals surface area contributed by atoms with Gasteiger partial charge in [-0.3, -0.25) is 19.6 Å². The van der Waals surface area contributed by atoms with E-state index in [2.05, 4.69) is 38.6 Å². The average molecular weight is 543 g/mol. The molecule has 36 heavy (non-hydrogen) atoms. The molecule has 2 atom stereocenters. The van der Waals surface area contributed by atoms with Crippen molar-refractivity contribution in [1.82, 2.24) is 25.0 Å². The Labute approximate surface area is 207 Å². The third-order valence-corrected chi connectivity index (χ3v) is 3.96. The third-order valence-electron chi connectivity index (χ3n) is 3.44. The van der Waals surface area contributed by atoms with Gasteiger partial charge in [-0.15, -0.1) is 5.06 Å². The van der Waals surface area contributed by atoms with E-state index >= 15 is 0 Å². The first kappa shape index (κ1) is 30.0. The monoisotopic (exact) mass is 543 g/mol. The highest BCUT2D eigenvalue weighted by Crippen LogP contribution is 2.13. The van der Waals surface area contributed by atoms with Crippen LogP contribution in [0.1, 0.15) is 33.8 Å². The van der Waals surface area contributed by atoms with Gasteiger partial charge in [0.1, 0.15) is 6.61 Å². The second-order valence-corrected chi connectivity index (χ2v) is 6.33. The SMILES string of the molecule is O=C(CO)OP.O=C(COC(=O)c1cnccn1)OP.O=C(ON1C(=O)CCC1=O)c1cnccn1. The van der Waals surface area contributed by atoms with E-state index in [1.807, 2.05) is 0 Å². The first-order valence-corrected chi connectivity index (χ1v) is 10.3. The molecule has 2 amide bonds. The van der Waals surface area contributed by atoms with Crippen molar-refractivity contribution < 1.29 is 52.5 Å². The number of hydrogen-bond acceptors (Lipinski definition) is 15. The highest BCUT2D eigenvalue weighted by Gasteiger charge is 2.33. The summed E-state index contributed by atoms with van der Waals surface area (Å²) < 4.78 is 12.7. The molecule has 2 unspecified atom stereocenters. The number of nitrogens with zero attached hydrogens (tertiary/aromatic N) is 5. The molecule has 0 aromatic carbocycles. The van der Waals surface area contributed by atoms with Crippen molar-refractivity contribution in [3.8, 4) is 0 Å². The van der Waals surface area contributed by atoms with E-state index < -0.39 is 48.9 Å². The number of aromatic nitrogens is 4. The molecule has 18 heteroatoms. The Bertz CT molecular complexity index is 1040. The summed E-state index contributed by atoms with van der Waals surface area (Å²) in [4.78, 5) is 84.4. The van der Waals surface area contributed by atoms with Crippen molar-refractivity contribution in [3.05, 3.63) is 48.6 Å². The molecule has 0 aliphatic carbocycles. The molecule has 1 fully saturated rings. The van der Waals surface area contributed by atoms with Crippen LogP contribution in [0.25, 0.3) is 0 Å². The second-order valence-electron chi connectivity index (χ2n) is 5.86. The Morgan fingerprint density at radius 1 is 0.833 bits per heavy atom. The van der Waals surface area contributed by atoms with E-state index in [0.717, 1.165) is 0 Å². The third kappa shape index (κ3) is 11.0. The smallest absolute Gasteiger partial charge is 0.383 e. The molecule has 1 saturated heterocycles. The number of hydrogen-bond donors (Lipinski definition) is 1. The summed E-state index contributed by atoms with van der Waals surface area (Å²) in [6.45, 7) is -0.998. The summed E-state index contributed by atoms with van der Waals surface area (Å²) in [5.74, 6) is -3.94. The zero-order valence-electron chi connectivity index (χ0n) is 18.2. The first-order valence-electron chi connectivity index (χ1n) is 9.40. The number of imide groups is 1. The lowest BCUT2D eigenvalue weighted by atomic mass is 10.4. The molecule has 192 valence electrons. The molecule has 1 aliphatic heterocycles. The molecule has 2 aromatic rings. The average Bonchev–Trinajstić information content (AvgIpc) is 3.24. The van der Waals surface area contributed by atoms with Gasteiger partial charge in [0.05, 0.1) is 31.3 Å². The lowest BCUT2D eigenvalue weighted by molar-refractivity contribution is -0.172. The predicted molar refractivity (Wildman–Crippen MR) is 120 cm³/mol. The summed E-state index contributed by atoms with van der Waals surface area (Å²) in [6, 6.07) is 0. The van der Waals surface area contributed by atoms with E-state index in [1.54, 1.807) is 18.9 Å². The summed E-state index contributed by atoms with van der Waals surface area (Å²) in [6.07, 6.45) is 8.03. The highest BCUT2D eigenvalue weighted by molar-refractivity contribution is 7.11. The Morgan fingerprint density at radius 3 is 1.72 bits per heavy atom. The van der Waals surface area contributed by atoms with Crippen LogP contribution < -0.4 is 0 Å². The van der Waals surface area contributed by atoms with Crippen molar-refractivity contribution >= 4 is 54.6 Å². The minimum absolute atomic E-state index is 0.0454. The van der Waals surface area contributed by atoms with E-state index in [9.17, 15) is 28.8 Å². The molecule has 0 bridgehead atoms. The van der Waals surface area contributed by atoms with Crippen LogP contribution in [0.15, 0.2) is 37.2 Å². The maximum Gasteiger partial charge on any atom is 0.383 e. The number of carbonyl (C=O) groups is 6. The van der Waals surface area contributed by atoms with Gasteiger partial charge in [-0.2, -0.15) is 0 Å². The maximum atomic E-state index is 11.4. The van der Waals surface area contributed by atoms with E-state index in [-0.39, 0.29) is 24.2 Å². The lowest BCUT2D eigenvalue weighted by Gasteiger charge is -2.11. The Kier molecular flexibility index (Phi) is 13.8. The minimum Gasteiger partial charge on any atom is -0.450 e. The van der Waals surface area contributed by atoms with Gasteiger partial charge >= 0.3 is 23.9 Å². The number of rotatable bonds is 6. The van der Waals surface area contributed by atoms with Crippen LogP contribution in [0.5, 0.6) is 0 Å². The second kappa shape index (κ2) is 16.6. The topological polar surface area (TPSA) is 214 Å². The molecule has 3 rings (SSSR count). The van der Waals surface area contributed by atoms with Gasteiger partial charge in [0, 0.05) is 37.6 Å². The van der Waals surface area contributed by atoms with Crippen molar-refractivity contribution in [2.75, 3.05) is 13.2 Å². The summed E-state index contributed by atoms with van der Waals surface area (Å²) >= 11 is 0. The van der Waals surface area contributed by atoms with Crippen LogP contribution in [-0.4, -0.2) is 79.0 Å². The fraction of sp³-hybridized carbons (Fsp3) is 0.222. The Balaban J connectivity index is 0.000000298. The summed E-state index contributed by atoms with van der Waals surface area (Å²) in [5, 5.41) is 8.32. The molecular weight excluding hydrogens is 524 g/mol. The van der Waals surface area contributed by atoms with Crippen LogP contribution in [0.2, 0.25) is 0 Å². The quantitative estimate of drug-likeness (QED) is 0.262. The normalized spacial score (nSPS) is 11.7. The van der Waals surface area contributed by atoms with Gasteiger partial charge in [-0.05, 0) is 0 Å². The number of amides is 2. The van der Waals surface area contributed by atoms with Crippen LogP contribution in [0.4, 0.5) is 0 Å². The molecule has 1 N–H and O–H groups in total. The van der Waals surface area contributed by atoms with E-state index in [1.165, 1.54) is 37.2 Å². The zero-order chi connectivity index (χ0) is 26.9. The number of carbonyl (C=O) groups excluding carboxylic acids is 6. The molecule has 0 spiro atoms. The number of esters is 1. The van der Waals surface area contributed by atoms with Crippen molar-refractivity contribution in [1.29, 1.82) is 0 Å². The molecule has 0 radical (unpaired) electrons. The Hall–Kier alpha value is -4.00. The van der Waals surface area contributed by atoms with Gasteiger partial charge < -0.3 is 23.7 Å². The summed E-state index contributed by atoms with van der Waals surface area (Å²) in [5.41, 5.74) is -0.0148. The van der Waals surface area contributed by atoms with Crippen molar-refractivity contribution in [2.45, 2.75) is 12.8 Å². The number of ether oxygens (including phenoxy) is 1. The van der Waals surface area contributed by atoms with Crippen LogP contribution in [0.3, 0.4) is 0 Å². The molecule has 3 heterocycles. The Morgan fingerprint density at radius 2 is 1.33 bits per heavy atom. The van der Waals surface area contributed by atoms with Crippen molar-refractivity contribution in [3.63, 3.8) is 0 Å². The molecule has 1 aliphatic rings. The molecule has 2 aromatic heterocycles. The lowest BCUT2D eigenvalue weighted by Crippen LogP contribution is -2.32. The van der Waals surface area contributed by atoms with Gasteiger partial charge in [-0.25, -0.2) is 29.1 Å². The molecule has 16 nitrogen and oxygen atoms in total. The fourth-order valence-corrected chi connectivity index (χ4v) is 2.01. The van der Waals surface area contributed by atoms with Gasteiger partial charge in [-0.1, -0.05) is 0 Å².